The van der Waals surface area contributed by atoms with Crippen LogP contribution in [0.5, 0.6) is 0 Å². The second-order valence-electron chi connectivity index (χ2n) is 5.16. The molecule has 0 saturated heterocycles. The normalized spacial score (nSPS) is 19.8. The minimum atomic E-state index is 0.266. The quantitative estimate of drug-likeness (QED) is 0.855. The molecule has 16 heavy (non-hydrogen) atoms. The molecule has 1 aromatic carbocycles. The van der Waals surface area contributed by atoms with E-state index in [9.17, 15) is 0 Å². The van der Waals surface area contributed by atoms with Crippen LogP contribution >= 0.6 is 11.8 Å². The van der Waals surface area contributed by atoms with Gasteiger partial charge in [-0.25, -0.2) is 0 Å². The van der Waals surface area contributed by atoms with Crippen molar-refractivity contribution in [1.29, 1.82) is 0 Å². The van der Waals surface area contributed by atoms with Crippen LogP contribution in [0.2, 0.25) is 0 Å². The van der Waals surface area contributed by atoms with Crippen LogP contribution in [0.25, 0.3) is 0 Å². The highest BCUT2D eigenvalue weighted by Gasteiger charge is 2.24. The van der Waals surface area contributed by atoms with Crippen molar-refractivity contribution in [3.05, 3.63) is 29.8 Å². The molecule has 0 aromatic heterocycles. The largest absolute Gasteiger partial charge is 0.311 e. The monoisotopic (exact) mass is 235 g/mol. The van der Waals surface area contributed by atoms with Crippen molar-refractivity contribution in [2.24, 2.45) is 0 Å². The first-order valence-electron chi connectivity index (χ1n) is 6.09. The Morgan fingerprint density at radius 1 is 1.38 bits per heavy atom. The highest BCUT2D eigenvalue weighted by Crippen LogP contribution is 2.38. The summed E-state index contributed by atoms with van der Waals surface area (Å²) in [4.78, 5) is 1.48. The van der Waals surface area contributed by atoms with Crippen LogP contribution in [-0.4, -0.2) is 17.8 Å². The van der Waals surface area contributed by atoms with Gasteiger partial charge in [-0.15, -0.1) is 11.8 Å². The van der Waals surface area contributed by atoms with Crippen molar-refractivity contribution >= 4 is 11.8 Å². The summed E-state index contributed by atoms with van der Waals surface area (Å²) in [6.07, 6.45) is 1.18. The van der Waals surface area contributed by atoms with Gasteiger partial charge in [-0.05, 0) is 31.9 Å². The third kappa shape index (κ3) is 2.61. The molecule has 88 valence electrons. The molecule has 1 heterocycles. The predicted octanol–water partition coefficient (Wildman–Crippen LogP) is 3.65. The maximum Gasteiger partial charge on any atom is 0.0122 e. The van der Waals surface area contributed by atoms with Gasteiger partial charge in [0.2, 0.25) is 0 Å². The smallest absolute Gasteiger partial charge is 0.0122 e. The van der Waals surface area contributed by atoms with E-state index in [1.165, 1.54) is 22.6 Å². The van der Waals surface area contributed by atoms with Crippen molar-refractivity contribution in [2.75, 3.05) is 12.3 Å². The molecule has 1 aliphatic heterocycles. The maximum atomic E-state index is 3.68. The van der Waals surface area contributed by atoms with Crippen LogP contribution in [0.4, 0.5) is 0 Å². The van der Waals surface area contributed by atoms with Crippen molar-refractivity contribution in [1.82, 2.24) is 5.32 Å². The molecular weight excluding hydrogens is 214 g/mol. The first-order valence-corrected chi connectivity index (χ1v) is 7.08. The van der Waals surface area contributed by atoms with Crippen LogP contribution in [0.1, 0.15) is 38.7 Å². The molecular formula is C14H21NS. The minimum absolute atomic E-state index is 0.266. The Kier molecular flexibility index (Phi) is 3.60. The number of thioether (sulfide) groups is 1. The number of rotatable bonds is 4. The maximum absolute atomic E-state index is 3.68. The summed E-state index contributed by atoms with van der Waals surface area (Å²) in [7, 11) is 0. The Balaban J connectivity index is 1.99. The molecule has 0 spiro atoms. The molecule has 1 aromatic rings. The lowest BCUT2D eigenvalue weighted by atomic mass is 9.97. The van der Waals surface area contributed by atoms with E-state index < -0.39 is 0 Å². The number of hydrogen-bond acceptors (Lipinski definition) is 2. The fourth-order valence-corrected chi connectivity index (χ4v) is 3.18. The zero-order chi connectivity index (χ0) is 11.6. The Bertz CT molecular complexity index is 360. The van der Waals surface area contributed by atoms with Gasteiger partial charge in [0.25, 0.3) is 0 Å². The van der Waals surface area contributed by atoms with Crippen LogP contribution < -0.4 is 5.32 Å². The van der Waals surface area contributed by atoms with Crippen LogP contribution in [0.3, 0.4) is 0 Å². The third-order valence-electron chi connectivity index (χ3n) is 3.51. The molecule has 1 unspecified atom stereocenters. The lowest BCUT2D eigenvalue weighted by Gasteiger charge is -2.26. The van der Waals surface area contributed by atoms with E-state index in [0.717, 1.165) is 6.54 Å². The Morgan fingerprint density at radius 2 is 2.12 bits per heavy atom. The van der Waals surface area contributed by atoms with Crippen molar-refractivity contribution < 1.29 is 0 Å². The summed E-state index contributed by atoms with van der Waals surface area (Å²) in [6, 6.07) is 8.81. The Hall–Kier alpha value is -0.470. The molecule has 1 nitrogen and oxygen atoms in total. The summed E-state index contributed by atoms with van der Waals surface area (Å²) in [5.74, 6) is 1.92. The molecule has 1 N–H and O–H groups in total. The van der Waals surface area contributed by atoms with Gasteiger partial charge in [-0.2, -0.15) is 0 Å². The highest BCUT2D eigenvalue weighted by atomic mass is 32.2. The van der Waals surface area contributed by atoms with Gasteiger partial charge in [0, 0.05) is 28.6 Å². The molecule has 0 bridgehead atoms. The van der Waals surface area contributed by atoms with E-state index in [-0.39, 0.29) is 5.54 Å². The molecule has 0 fully saturated rings. The fraction of sp³-hybridized carbons (Fsp3) is 0.571. The summed E-state index contributed by atoms with van der Waals surface area (Å²) < 4.78 is 0. The van der Waals surface area contributed by atoms with Gasteiger partial charge in [0.05, 0.1) is 0 Å². The highest BCUT2D eigenvalue weighted by molar-refractivity contribution is 7.99. The minimum Gasteiger partial charge on any atom is -0.311 e. The number of benzene rings is 1. The average Bonchev–Trinajstić information content (AvgIpc) is 2.70. The topological polar surface area (TPSA) is 12.0 Å². The lowest BCUT2D eigenvalue weighted by Crippen LogP contribution is -2.40. The van der Waals surface area contributed by atoms with E-state index in [1.54, 1.807) is 0 Å². The molecule has 1 aliphatic rings. The predicted molar refractivity (Wildman–Crippen MR) is 72.3 cm³/mol. The molecule has 2 rings (SSSR count). The first kappa shape index (κ1) is 12.0. The Morgan fingerprint density at radius 3 is 2.88 bits per heavy atom. The summed E-state index contributed by atoms with van der Waals surface area (Å²) in [6.45, 7) is 7.90. The van der Waals surface area contributed by atoms with Gasteiger partial charge in [0.1, 0.15) is 0 Å². The van der Waals surface area contributed by atoms with Crippen molar-refractivity contribution in [3.8, 4) is 0 Å². The van der Waals surface area contributed by atoms with Gasteiger partial charge >= 0.3 is 0 Å². The van der Waals surface area contributed by atoms with Gasteiger partial charge < -0.3 is 5.32 Å². The summed E-state index contributed by atoms with van der Waals surface area (Å²) in [5.41, 5.74) is 1.80. The van der Waals surface area contributed by atoms with E-state index in [2.05, 4.69) is 50.4 Å². The van der Waals surface area contributed by atoms with Crippen molar-refractivity contribution in [2.45, 2.75) is 43.5 Å². The summed E-state index contributed by atoms with van der Waals surface area (Å²) >= 11 is 1.99. The van der Waals surface area contributed by atoms with Gasteiger partial charge in [0.15, 0.2) is 0 Å². The average molecular weight is 235 g/mol. The van der Waals surface area contributed by atoms with E-state index in [1.807, 2.05) is 11.8 Å². The second-order valence-corrected chi connectivity index (χ2v) is 6.23. The standard InChI is InChI=1S/C14H21NS/c1-4-14(2,3)15-9-11-10-16-13-8-6-5-7-12(11)13/h5-8,11,15H,4,9-10H2,1-3H3. The fourth-order valence-electron chi connectivity index (χ4n) is 1.92. The molecule has 1 atom stereocenters. The van der Waals surface area contributed by atoms with Crippen LogP contribution in [-0.2, 0) is 0 Å². The van der Waals surface area contributed by atoms with Crippen LogP contribution in [0.15, 0.2) is 29.2 Å². The van der Waals surface area contributed by atoms with E-state index >= 15 is 0 Å². The summed E-state index contributed by atoms with van der Waals surface area (Å²) in [5, 5.41) is 3.68. The zero-order valence-electron chi connectivity index (χ0n) is 10.4. The number of hydrogen-bond donors (Lipinski definition) is 1. The molecule has 2 heteroatoms. The first-order chi connectivity index (χ1) is 7.62. The molecule has 0 aliphatic carbocycles. The number of fused-ring (bicyclic) bond motifs is 1. The van der Waals surface area contributed by atoms with Gasteiger partial charge in [-0.3, -0.25) is 0 Å². The number of nitrogens with one attached hydrogen (secondary N) is 1. The SMILES string of the molecule is CCC(C)(C)NCC1CSc2ccccc21. The van der Waals surface area contributed by atoms with Crippen LogP contribution in [0, 0.1) is 0 Å². The molecule has 0 radical (unpaired) electrons. The Labute approximate surface area is 103 Å². The molecule has 0 saturated carbocycles. The van der Waals surface area contributed by atoms with E-state index in [0.29, 0.717) is 5.92 Å². The zero-order valence-corrected chi connectivity index (χ0v) is 11.2. The van der Waals surface area contributed by atoms with E-state index in [4.69, 9.17) is 0 Å². The third-order valence-corrected chi connectivity index (χ3v) is 4.76. The van der Waals surface area contributed by atoms with Crippen molar-refractivity contribution in [3.63, 3.8) is 0 Å². The second kappa shape index (κ2) is 4.80. The lowest BCUT2D eigenvalue weighted by molar-refractivity contribution is 0.368. The van der Waals surface area contributed by atoms with Gasteiger partial charge in [-0.1, -0.05) is 25.1 Å². The molecule has 0 amide bonds.